The van der Waals surface area contributed by atoms with Crippen LogP contribution in [0.1, 0.15) is 43.4 Å². The molecule has 1 saturated carbocycles. The van der Waals surface area contributed by atoms with Crippen LogP contribution in [-0.2, 0) is 27.7 Å². The molecule has 1 amide bonds. The standard InChI is InChI=1S/C23H33N3O3/c1-16(26(19-7-8-19)23(27)22-14-24-10-12-29-22)17-6-9-21-20(13-17)18(15-25(21)2)5-4-11-28-3/h6,9,13,15-16,19,22,24H,4-5,7-8,10-12,14H2,1-3H3/t16-,22-/m1/s1. The van der Waals surface area contributed by atoms with Gasteiger partial charge in [0.25, 0.3) is 5.91 Å². The van der Waals surface area contributed by atoms with Crippen molar-refractivity contribution in [1.29, 1.82) is 0 Å². The van der Waals surface area contributed by atoms with E-state index >= 15 is 0 Å². The molecule has 6 nitrogen and oxygen atoms in total. The number of aromatic nitrogens is 1. The Morgan fingerprint density at radius 2 is 2.24 bits per heavy atom. The first-order chi connectivity index (χ1) is 14.1. The Labute approximate surface area is 173 Å². The lowest BCUT2D eigenvalue weighted by Gasteiger charge is -2.34. The number of morpholine rings is 1. The number of nitrogens with one attached hydrogen (secondary N) is 1. The van der Waals surface area contributed by atoms with Crippen LogP contribution in [0.3, 0.4) is 0 Å². The molecule has 0 unspecified atom stereocenters. The fourth-order valence-electron chi connectivity index (χ4n) is 4.45. The molecule has 158 valence electrons. The van der Waals surface area contributed by atoms with Crippen molar-refractivity contribution < 1.29 is 14.3 Å². The van der Waals surface area contributed by atoms with Gasteiger partial charge < -0.3 is 24.3 Å². The largest absolute Gasteiger partial charge is 0.385 e. The molecule has 0 spiro atoms. The van der Waals surface area contributed by atoms with Crippen molar-refractivity contribution >= 4 is 16.8 Å². The van der Waals surface area contributed by atoms with Crippen molar-refractivity contribution in [2.45, 2.75) is 50.8 Å². The van der Waals surface area contributed by atoms with E-state index in [1.807, 2.05) is 0 Å². The Kier molecular flexibility index (Phi) is 6.23. The summed E-state index contributed by atoms with van der Waals surface area (Å²) in [7, 11) is 3.84. The second kappa shape index (κ2) is 8.86. The zero-order chi connectivity index (χ0) is 20.4. The van der Waals surface area contributed by atoms with Crippen molar-refractivity contribution in [1.82, 2.24) is 14.8 Å². The number of rotatable bonds is 8. The maximum atomic E-state index is 13.2. The first-order valence-electron chi connectivity index (χ1n) is 10.8. The number of ether oxygens (including phenoxy) is 2. The lowest BCUT2D eigenvalue weighted by atomic mass is 10.0. The third-order valence-electron chi connectivity index (χ3n) is 6.19. The third kappa shape index (κ3) is 4.34. The quantitative estimate of drug-likeness (QED) is 0.694. The van der Waals surface area contributed by atoms with Crippen LogP contribution in [0.5, 0.6) is 0 Å². The Morgan fingerprint density at radius 3 is 2.93 bits per heavy atom. The molecule has 2 aliphatic rings. The highest BCUT2D eigenvalue weighted by atomic mass is 16.5. The van der Waals surface area contributed by atoms with Crippen molar-refractivity contribution in [2.24, 2.45) is 7.05 Å². The number of carbonyl (C=O) groups is 1. The normalized spacial score (nSPS) is 20.7. The lowest BCUT2D eigenvalue weighted by Crippen LogP contribution is -2.50. The van der Waals surface area contributed by atoms with Crippen molar-refractivity contribution in [3.8, 4) is 0 Å². The van der Waals surface area contributed by atoms with Gasteiger partial charge in [-0.3, -0.25) is 4.79 Å². The maximum absolute atomic E-state index is 13.2. The van der Waals surface area contributed by atoms with Gasteiger partial charge in [0.05, 0.1) is 12.6 Å². The Morgan fingerprint density at radius 1 is 1.41 bits per heavy atom. The van der Waals surface area contributed by atoms with Gasteiger partial charge >= 0.3 is 0 Å². The molecule has 4 rings (SSSR count). The molecule has 2 aromatic rings. The van der Waals surface area contributed by atoms with Gasteiger partial charge in [0.2, 0.25) is 0 Å². The molecule has 29 heavy (non-hydrogen) atoms. The van der Waals surface area contributed by atoms with Gasteiger partial charge in [-0.25, -0.2) is 0 Å². The van der Waals surface area contributed by atoms with E-state index in [1.54, 1.807) is 7.11 Å². The predicted molar refractivity (Wildman–Crippen MR) is 114 cm³/mol. The molecule has 1 aromatic carbocycles. The molecule has 1 saturated heterocycles. The van der Waals surface area contributed by atoms with Crippen LogP contribution in [0.4, 0.5) is 0 Å². The van der Waals surface area contributed by atoms with E-state index in [0.717, 1.165) is 38.8 Å². The van der Waals surface area contributed by atoms with Gasteiger partial charge in [-0.15, -0.1) is 0 Å². The Balaban J connectivity index is 1.59. The van der Waals surface area contributed by atoms with E-state index in [1.165, 1.54) is 22.0 Å². The number of carbonyl (C=O) groups excluding carboxylic acids is 1. The Hall–Kier alpha value is -1.89. The first-order valence-corrected chi connectivity index (χ1v) is 10.8. The smallest absolute Gasteiger partial charge is 0.253 e. The molecule has 1 aliphatic carbocycles. The van der Waals surface area contributed by atoms with Crippen LogP contribution in [-0.4, -0.2) is 60.9 Å². The number of hydrogen-bond acceptors (Lipinski definition) is 4. The average Bonchev–Trinajstić information content (AvgIpc) is 3.53. The van der Waals surface area contributed by atoms with E-state index in [4.69, 9.17) is 9.47 Å². The van der Waals surface area contributed by atoms with E-state index < -0.39 is 0 Å². The molecule has 1 N–H and O–H groups in total. The van der Waals surface area contributed by atoms with Gasteiger partial charge in [0, 0.05) is 57.0 Å². The number of fused-ring (bicyclic) bond motifs is 1. The summed E-state index contributed by atoms with van der Waals surface area (Å²) in [6.45, 7) is 4.95. The summed E-state index contributed by atoms with van der Waals surface area (Å²) in [6.07, 6.45) is 6.04. The SMILES string of the molecule is COCCCc1cn(C)c2ccc([C@@H](C)N(C(=O)[C@H]3CNCCO3)C3CC3)cc12. The molecule has 0 radical (unpaired) electrons. The maximum Gasteiger partial charge on any atom is 0.253 e. The molecule has 6 heteroatoms. The molecule has 1 aromatic heterocycles. The summed E-state index contributed by atoms with van der Waals surface area (Å²) in [5, 5.41) is 4.57. The monoisotopic (exact) mass is 399 g/mol. The number of aryl methyl sites for hydroxylation is 2. The predicted octanol–water partition coefficient (Wildman–Crippen LogP) is 2.80. The topological polar surface area (TPSA) is 55.7 Å². The van der Waals surface area contributed by atoms with Crippen LogP contribution >= 0.6 is 0 Å². The summed E-state index contributed by atoms with van der Waals surface area (Å²) in [6, 6.07) is 7.03. The Bertz CT molecular complexity index is 852. The van der Waals surface area contributed by atoms with Crippen LogP contribution < -0.4 is 5.32 Å². The first kappa shape index (κ1) is 20.4. The van der Waals surface area contributed by atoms with Gasteiger partial charge in [-0.05, 0) is 55.9 Å². The van der Waals surface area contributed by atoms with Crippen LogP contribution in [0, 0.1) is 0 Å². The molecule has 2 atom stereocenters. The fourth-order valence-corrected chi connectivity index (χ4v) is 4.45. The highest BCUT2D eigenvalue weighted by Gasteiger charge is 2.39. The summed E-state index contributed by atoms with van der Waals surface area (Å²) < 4.78 is 13.2. The minimum absolute atomic E-state index is 0.0388. The van der Waals surface area contributed by atoms with Crippen molar-refractivity contribution in [2.75, 3.05) is 33.4 Å². The minimum Gasteiger partial charge on any atom is -0.385 e. The second-order valence-corrected chi connectivity index (χ2v) is 8.35. The number of amides is 1. The summed E-state index contributed by atoms with van der Waals surface area (Å²) in [4.78, 5) is 15.3. The third-order valence-corrected chi connectivity index (χ3v) is 6.19. The summed E-state index contributed by atoms with van der Waals surface area (Å²) in [5.74, 6) is 0.126. The van der Waals surface area contributed by atoms with E-state index in [9.17, 15) is 4.79 Å². The summed E-state index contributed by atoms with van der Waals surface area (Å²) in [5.41, 5.74) is 3.77. The van der Waals surface area contributed by atoms with E-state index in [2.05, 4.69) is 53.2 Å². The fraction of sp³-hybridized carbons (Fsp3) is 0.609. The van der Waals surface area contributed by atoms with Gasteiger partial charge in [0.15, 0.2) is 0 Å². The van der Waals surface area contributed by atoms with Gasteiger partial charge in [0.1, 0.15) is 6.10 Å². The molecule has 2 heterocycles. The average molecular weight is 400 g/mol. The highest BCUT2D eigenvalue weighted by molar-refractivity contribution is 5.86. The molecule has 1 aliphatic heterocycles. The molecular weight excluding hydrogens is 366 g/mol. The van der Waals surface area contributed by atoms with Crippen molar-refractivity contribution in [3.05, 3.63) is 35.5 Å². The summed E-state index contributed by atoms with van der Waals surface area (Å²) >= 11 is 0. The van der Waals surface area contributed by atoms with Gasteiger partial charge in [-0.1, -0.05) is 6.07 Å². The van der Waals surface area contributed by atoms with Crippen LogP contribution in [0.25, 0.3) is 10.9 Å². The van der Waals surface area contributed by atoms with Crippen LogP contribution in [0.2, 0.25) is 0 Å². The number of methoxy groups -OCH3 is 1. The van der Waals surface area contributed by atoms with E-state index in [-0.39, 0.29) is 18.1 Å². The molecular formula is C23H33N3O3. The lowest BCUT2D eigenvalue weighted by molar-refractivity contribution is -0.148. The van der Waals surface area contributed by atoms with Crippen LogP contribution in [0.15, 0.2) is 24.4 Å². The second-order valence-electron chi connectivity index (χ2n) is 8.35. The molecule has 2 fully saturated rings. The number of hydrogen-bond donors (Lipinski definition) is 1. The highest BCUT2D eigenvalue weighted by Crippen LogP contribution is 2.36. The number of nitrogens with zero attached hydrogens (tertiary/aromatic N) is 2. The van der Waals surface area contributed by atoms with Crippen molar-refractivity contribution in [3.63, 3.8) is 0 Å². The molecule has 0 bridgehead atoms. The zero-order valence-corrected chi connectivity index (χ0v) is 17.8. The van der Waals surface area contributed by atoms with Gasteiger partial charge in [-0.2, -0.15) is 0 Å². The minimum atomic E-state index is -0.364. The number of benzene rings is 1. The zero-order valence-electron chi connectivity index (χ0n) is 17.8. The van der Waals surface area contributed by atoms with E-state index in [0.29, 0.717) is 19.2 Å².